The van der Waals surface area contributed by atoms with Crippen LogP contribution in [0.1, 0.15) is 40.0 Å². The Morgan fingerprint density at radius 3 is 2.65 bits per heavy atom. The number of ether oxygens (including phenoxy) is 1. The molecule has 2 saturated heterocycles. The van der Waals surface area contributed by atoms with Crippen LogP contribution in [0.3, 0.4) is 0 Å². The van der Waals surface area contributed by atoms with E-state index in [0.29, 0.717) is 12.8 Å². The first-order chi connectivity index (χ1) is 9.24. The van der Waals surface area contributed by atoms with Gasteiger partial charge in [0.05, 0.1) is 6.04 Å². The first kappa shape index (κ1) is 15.3. The molecular weight excluding hydrogens is 260 g/mol. The summed E-state index contributed by atoms with van der Waals surface area (Å²) >= 11 is 0. The van der Waals surface area contributed by atoms with Crippen LogP contribution in [0.25, 0.3) is 0 Å². The molecule has 1 amide bonds. The van der Waals surface area contributed by atoms with E-state index in [1.54, 1.807) is 4.90 Å². The molecule has 0 aromatic rings. The van der Waals surface area contributed by atoms with Crippen LogP contribution in [-0.2, 0) is 14.3 Å². The normalized spacial score (nSPS) is 34.0. The molecule has 6 nitrogen and oxygen atoms in total. The number of fused-ring (bicyclic) bond motifs is 1. The van der Waals surface area contributed by atoms with Gasteiger partial charge in [-0.15, -0.1) is 0 Å². The Balaban J connectivity index is 2.12. The Labute approximate surface area is 119 Å². The molecule has 0 unspecified atom stereocenters. The molecule has 3 N–H and O–H groups in total. The van der Waals surface area contributed by atoms with Crippen LogP contribution in [0.2, 0.25) is 0 Å². The van der Waals surface area contributed by atoms with Crippen molar-refractivity contribution in [2.24, 2.45) is 11.7 Å². The van der Waals surface area contributed by atoms with Crippen molar-refractivity contribution < 1.29 is 19.4 Å². The minimum Gasteiger partial charge on any atom is -0.458 e. The zero-order valence-electron chi connectivity index (χ0n) is 12.3. The van der Waals surface area contributed by atoms with Crippen molar-refractivity contribution in [3.05, 3.63) is 0 Å². The van der Waals surface area contributed by atoms with Crippen molar-refractivity contribution in [3.63, 3.8) is 0 Å². The van der Waals surface area contributed by atoms with Crippen molar-refractivity contribution in [2.45, 2.75) is 63.8 Å². The van der Waals surface area contributed by atoms with Crippen LogP contribution in [0.5, 0.6) is 0 Å². The lowest BCUT2D eigenvalue weighted by Gasteiger charge is -2.40. The molecule has 0 aliphatic carbocycles. The zero-order valence-corrected chi connectivity index (χ0v) is 12.3. The quantitative estimate of drug-likeness (QED) is 0.698. The number of esters is 1. The van der Waals surface area contributed by atoms with Crippen LogP contribution in [0.4, 0.5) is 0 Å². The number of piperidine rings is 1. The van der Waals surface area contributed by atoms with E-state index in [-0.39, 0.29) is 30.4 Å². The zero-order chi connectivity index (χ0) is 15.1. The number of hydrogen-bond acceptors (Lipinski definition) is 5. The summed E-state index contributed by atoms with van der Waals surface area (Å²) in [4.78, 5) is 26.1. The summed E-state index contributed by atoms with van der Waals surface area (Å²) in [7, 11) is 0. The average molecular weight is 284 g/mol. The monoisotopic (exact) mass is 284 g/mol. The first-order valence-corrected chi connectivity index (χ1v) is 7.16. The maximum Gasteiger partial charge on any atom is 0.329 e. The molecule has 2 fully saturated rings. The minimum absolute atomic E-state index is 0.00281. The standard InChI is InChI=1S/C14H24N2O4/c1-14(2,3)20-13(19)10-5-4-9-6-8(7-17)11(15)12(18)16(9)10/h8-11,17H,4-7,15H2,1-3H3/t8-,9-,10+,11+/m0/s1. The Morgan fingerprint density at radius 1 is 1.45 bits per heavy atom. The van der Waals surface area contributed by atoms with Gasteiger partial charge >= 0.3 is 5.97 Å². The van der Waals surface area contributed by atoms with Crippen LogP contribution in [0, 0.1) is 5.92 Å². The molecule has 4 atom stereocenters. The Morgan fingerprint density at radius 2 is 2.10 bits per heavy atom. The fraction of sp³-hybridized carbons (Fsp3) is 0.857. The summed E-state index contributed by atoms with van der Waals surface area (Å²) in [6.45, 7) is 5.34. The number of nitrogens with zero attached hydrogens (tertiary/aromatic N) is 1. The van der Waals surface area contributed by atoms with Crippen LogP contribution >= 0.6 is 0 Å². The lowest BCUT2D eigenvalue weighted by molar-refractivity contribution is -0.166. The van der Waals surface area contributed by atoms with E-state index in [2.05, 4.69) is 0 Å². The van der Waals surface area contributed by atoms with Crippen LogP contribution < -0.4 is 5.73 Å². The lowest BCUT2D eigenvalue weighted by atomic mass is 9.87. The molecule has 6 heteroatoms. The summed E-state index contributed by atoms with van der Waals surface area (Å²) < 4.78 is 5.38. The molecule has 0 radical (unpaired) electrons. The average Bonchev–Trinajstić information content (AvgIpc) is 2.75. The molecular formula is C14H24N2O4. The van der Waals surface area contributed by atoms with Crippen molar-refractivity contribution in [3.8, 4) is 0 Å². The molecule has 2 rings (SSSR count). The number of hydrogen-bond donors (Lipinski definition) is 2. The smallest absolute Gasteiger partial charge is 0.329 e. The van der Waals surface area contributed by atoms with Gasteiger partial charge in [0.15, 0.2) is 0 Å². The second-order valence-electron chi connectivity index (χ2n) is 6.73. The number of nitrogens with two attached hydrogens (primary N) is 1. The Kier molecular flexibility index (Phi) is 4.07. The molecule has 2 aliphatic heterocycles. The van der Waals surface area contributed by atoms with E-state index in [1.165, 1.54) is 0 Å². The van der Waals surface area contributed by atoms with Gasteiger partial charge in [-0.1, -0.05) is 0 Å². The molecule has 20 heavy (non-hydrogen) atoms. The largest absolute Gasteiger partial charge is 0.458 e. The van der Waals surface area contributed by atoms with Crippen molar-refractivity contribution in [1.29, 1.82) is 0 Å². The van der Waals surface area contributed by atoms with Crippen molar-refractivity contribution in [2.75, 3.05) is 6.61 Å². The number of amides is 1. The molecule has 0 aromatic carbocycles. The van der Waals surface area contributed by atoms with E-state index >= 15 is 0 Å². The van der Waals surface area contributed by atoms with E-state index in [9.17, 15) is 14.7 Å². The Bertz CT molecular complexity index is 404. The van der Waals surface area contributed by atoms with Gasteiger partial charge in [0.25, 0.3) is 0 Å². The third-order valence-electron chi connectivity index (χ3n) is 4.04. The van der Waals surface area contributed by atoms with Gasteiger partial charge in [-0.05, 0) is 40.0 Å². The number of aliphatic hydroxyl groups excluding tert-OH is 1. The SMILES string of the molecule is CC(C)(C)OC(=O)[C@H]1CC[C@H]2C[C@@H](CO)[C@@H](N)C(=O)N21. The maximum absolute atomic E-state index is 12.3. The molecule has 0 spiro atoms. The number of carbonyl (C=O) groups is 2. The summed E-state index contributed by atoms with van der Waals surface area (Å²) in [6.07, 6.45) is 2.03. The van der Waals surface area contributed by atoms with Gasteiger partial charge in [0, 0.05) is 18.6 Å². The highest BCUT2D eigenvalue weighted by molar-refractivity contribution is 5.89. The van der Waals surface area contributed by atoms with E-state index in [4.69, 9.17) is 10.5 Å². The fourth-order valence-corrected chi connectivity index (χ4v) is 3.11. The van der Waals surface area contributed by atoms with Crippen LogP contribution in [-0.4, -0.2) is 52.2 Å². The highest BCUT2D eigenvalue weighted by atomic mass is 16.6. The summed E-state index contributed by atoms with van der Waals surface area (Å²) in [5, 5.41) is 9.28. The molecule has 0 bridgehead atoms. The predicted molar refractivity (Wildman–Crippen MR) is 72.7 cm³/mol. The van der Waals surface area contributed by atoms with E-state index in [0.717, 1.165) is 6.42 Å². The fourth-order valence-electron chi connectivity index (χ4n) is 3.11. The second kappa shape index (κ2) is 5.33. The van der Waals surface area contributed by atoms with Crippen molar-refractivity contribution in [1.82, 2.24) is 4.90 Å². The third kappa shape index (κ3) is 2.81. The third-order valence-corrected chi connectivity index (χ3v) is 4.04. The van der Waals surface area contributed by atoms with Gasteiger partial charge in [-0.3, -0.25) is 4.79 Å². The molecule has 2 aliphatic rings. The van der Waals surface area contributed by atoms with Crippen LogP contribution in [0.15, 0.2) is 0 Å². The highest BCUT2D eigenvalue weighted by Crippen LogP contribution is 2.35. The maximum atomic E-state index is 12.3. The van der Waals surface area contributed by atoms with E-state index < -0.39 is 17.7 Å². The summed E-state index contributed by atoms with van der Waals surface area (Å²) in [5.74, 6) is -0.808. The van der Waals surface area contributed by atoms with Gasteiger partial charge in [0.2, 0.25) is 5.91 Å². The van der Waals surface area contributed by atoms with E-state index in [1.807, 2.05) is 20.8 Å². The number of aliphatic hydroxyl groups is 1. The molecule has 2 heterocycles. The Hall–Kier alpha value is -1.14. The van der Waals surface area contributed by atoms with Gasteiger partial charge in [-0.25, -0.2) is 4.79 Å². The topological polar surface area (TPSA) is 92.9 Å². The van der Waals surface area contributed by atoms with Crippen molar-refractivity contribution >= 4 is 11.9 Å². The minimum atomic E-state index is -0.723. The second-order valence-corrected chi connectivity index (χ2v) is 6.73. The van der Waals surface area contributed by atoms with Gasteiger partial charge in [-0.2, -0.15) is 0 Å². The predicted octanol–water partition coefficient (Wildman–Crippen LogP) is 0.0272. The lowest BCUT2D eigenvalue weighted by Crippen LogP contribution is -2.59. The highest BCUT2D eigenvalue weighted by Gasteiger charge is 2.49. The molecule has 0 aromatic heterocycles. The van der Waals surface area contributed by atoms with Gasteiger partial charge in [0.1, 0.15) is 11.6 Å². The number of carbonyl (C=O) groups excluding carboxylic acids is 2. The van der Waals surface area contributed by atoms with Gasteiger partial charge < -0.3 is 20.5 Å². The summed E-state index contributed by atoms with van der Waals surface area (Å²) in [5.41, 5.74) is 5.31. The number of rotatable bonds is 2. The first-order valence-electron chi connectivity index (χ1n) is 7.16. The molecule has 0 saturated carbocycles. The molecule has 114 valence electrons. The summed E-state index contributed by atoms with van der Waals surface area (Å²) in [6, 6.07) is -1.26.